The van der Waals surface area contributed by atoms with Crippen LogP contribution >= 0.6 is 12.6 Å². The molecule has 1 radical (unpaired) electrons. The van der Waals surface area contributed by atoms with E-state index in [1.54, 1.807) is 0 Å². The molecule has 1 unspecified atom stereocenters. The lowest BCUT2D eigenvalue weighted by Gasteiger charge is -2.07. The molecule has 47 valence electrons. The lowest BCUT2D eigenvalue weighted by Crippen LogP contribution is -2.10. The maximum Gasteiger partial charge on any atom is 0.212 e. The van der Waals surface area contributed by atoms with Gasteiger partial charge in [0.2, 0.25) is 6.29 Å². The Bertz CT molecular complexity index is 72.9. The van der Waals surface area contributed by atoms with Crippen molar-refractivity contribution in [1.82, 2.24) is 0 Å². The molecule has 0 N–H and O–H groups in total. The average Bonchev–Trinajstić information content (AvgIpc) is 1.84. The Balaban J connectivity index is 3.44. The van der Waals surface area contributed by atoms with Crippen LogP contribution in [0.25, 0.3) is 0 Å². The van der Waals surface area contributed by atoms with E-state index in [4.69, 9.17) is 0 Å². The summed E-state index contributed by atoms with van der Waals surface area (Å²) in [6, 6.07) is 0. The second-order valence-corrected chi connectivity index (χ2v) is 2.50. The molecule has 0 saturated carbocycles. The van der Waals surface area contributed by atoms with Gasteiger partial charge in [-0.05, 0) is 5.92 Å². The number of rotatable bonds is 3. The number of hydrogen-bond donors (Lipinski definition) is 1. The summed E-state index contributed by atoms with van der Waals surface area (Å²) in [5, 5.41) is -0.194. The third kappa shape index (κ3) is 2.36. The van der Waals surface area contributed by atoms with E-state index in [1.165, 1.54) is 0 Å². The summed E-state index contributed by atoms with van der Waals surface area (Å²) in [6.07, 6.45) is 2.82. The van der Waals surface area contributed by atoms with E-state index < -0.39 is 0 Å². The van der Waals surface area contributed by atoms with Crippen LogP contribution < -0.4 is 0 Å². The van der Waals surface area contributed by atoms with Crippen molar-refractivity contribution >= 4 is 18.9 Å². The highest BCUT2D eigenvalue weighted by Gasteiger charge is 2.08. The number of thiol groups is 1. The summed E-state index contributed by atoms with van der Waals surface area (Å²) < 4.78 is 0. The smallest absolute Gasteiger partial charge is 0.212 e. The molecule has 2 atom stereocenters. The molecule has 0 heterocycles. The van der Waals surface area contributed by atoms with Gasteiger partial charge in [0.05, 0.1) is 5.25 Å². The molecule has 0 aromatic rings. The monoisotopic (exact) mass is 131 g/mol. The zero-order chi connectivity index (χ0) is 6.57. The third-order valence-electron chi connectivity index (χ3n) is 1.30. The van der Waals surface area contributed by atoms with E-state index in [9.17, 15) is 4.79 Å². The molecule has 0 aliphatic carbocycles. The fraction of sp³-hybridized carbons (Fsp3) is 0.833. The van der Waals surface area contributed by atoms with Gasteiger partial charge < -0.3 is 0 Å². The van der Waals surface area contributed by atoms with Gasteiger partial charge in [0.15, 0.2) is 0 Å². The predicted molar refractivity (Wildman–Crippen MR) is 37.9 cm³/mol. The van der Waals surface area contributed by atoms with Gasteiger partial charge in [0, 0.05) is 0 Å². The molecular formula is C6H11OS. The van der Waals surface area contributed by atoms with Gasteiger partial charge >= 0.3 is 0 Å². The van der Waals surface area contributed by atoms with Crippen LogP contribution in [0.3, 0.4) is 0 Å². The Kier molecular flexibility index (Phi) is 3.97. The molecule has 1 nitrogen and oxygen atoms in total. The summed E-state index contributed by atoms with van der Waals surface area (Å²) in [5.41, 5.74) is 0. The van der Waals surface area contributed by atoms with E-state index in [0.717, 1.165) is 6.42 Å². The fourth-order valence-corrected chi connectivity index (χ4v) is 0.550. The predicted octanol–water partition coefficient (Wildman–Crippen LogP) is 1.44. The fourth-order valence-electron chi connectivity index (χ4n) is 0.339. The van der Waals surface area contributed by atoms with Gasteiger partial charge in [-0.2, -0.15) is 12.6 Å². The Morgan fingerprint density at radius 1 is 1.75 bits per heavy atom. The molecule has 8 heavy (non-hydrogen) atoms. The van der Waals surface area contributed by atoms with Crippen LogP contribution in [-0.4, -0.2) is 11.5 Å². The van der Waals surface area contributed by atoms with Crippen LogP contribution in [0.2, 0.25) is 0 Å². The SMILES string of the molecule is CCC(C)[C@H](S)[C]=O. The molecule has 0 spiro atoms. The van der Waals surface area contributed by atoms with Crippen molar-refractivity contribution in [1.29, 1.82) is 0 Å². The average molecular weight is 131 g/mol. The first-order valence-corrected chi connectivity index (χ1v) is 3.29. The molecule has 0 saturated heterocycles. The second kappa shape index (κ2) is 3.96. The highest BCUT2D eigenvalue weighted by atomic mass is 32.1. The zero-order valence-electron chi connectivity index (χ0n) is 5.22. The minimum absolute atomic E-state index is 0.194. The molecule has 0 rings (SSSR count). The molecule has 0 fully saturated rings. The van der Waals surface area contributed by atoms with Gasteiger partial charge in [-0.25, -0.2) is 0 Å². The van der Waals surface area contributed by atoms with Gasteiger partial charge in [-0.15, -0.1) is 0 Å². The molecule has 0 amide bonds. The Morgan fingerprint density at radius 3 is 2.38 bits per heavy atom. The Hall–Kier alpha value is 0.0200. The van der Waals surface area contributed by atoms with Crippen LogP contribution in [0, 0.1) is 5.92 Å². The molecule has 0 bridgehead atoms. The van der Waals surface area contributed by atoms with Crippen LogP contribution in [0.4, 0.5) is 0 Å². The summed E-state index contributed by atoms with van der Waals surface area (Å²) in [5.74, 6) is 0.357. The van der Waals surface area contributed by atoms with E-state index in [1.807, 2.05) is 20.1 Å². The van der Waals surface area contributed by atoms with E-state index in [2.05, 4.69) is 12.6 Å². The standard InChI is InChI=1S/C6H11OS/c1-3-5(2)6(8)4-7/h5-6,8H,3H2,1-2H3/t5?,6-/m1/s1. The van der Waals surface area contributed by atoms with E-state index >= 15 is 0 Å². The highest BCUT2D eigenvalue weighted by Crippen LogP contribution is 2.09. The van der Waals surface area contributed by atoms with E-state index in [0.29, 0.717) is 5.92 Å². The Morgan fingerprint density at radius 2 is 2.25 bits per heavy atom. The zero-order valence-corrected chi connectivity index (χ0v) is 6.11. The first kappa shape index (κ1) is 8.02. The van der Waals surface area contributed by atoms with Crippen LogP contribution in [0.1, 0.15) is 20.3 Å². The Labute approximate surface area is 55.9 Å². The topological polar surface area (TPSA) is 17.1 Å². The number of hydrogen-bond acceptors (Lipinski definition) is 2. The molecule has 0 aliphatic rings. The van der Waals surface area contributed by atoms with Crippen molar-refractivity contribution in [3.63, 3.8) is 0 Å². The summed E-state index contributed by atoms with van der Waals surface area (Å²) in [4.78, 5) is 9.90. The minimum Gasteiger partial charge on any atom is -0.290 e. The van der Waals surface area contributed by atoms with Crippen molar-refractivity contribution in [3.05, 3.63) is 0 Å². The summed E-state index contributed by atoms with van der Waals surface area (Å²) >= 11 is 3.98. The van der Waals surface area contributed by atoms with Crippen molar-refractivity contribution in [3.8, 4) is 0 Å². The third-order valence-corrected chi connectivity index (χ3v) is 1.92. The van der Waals surface area contributed by atoms with Crippen LogP contribution in [0.15, 0.2) is 0 Å². The van der Waals surface area contributed by atoms with Crippen molar-refractivity contribution in [2.75, 3.05) is 0 Å². The molecule has 0 aliphatic heterocycles. The lowest BCUT2D eigenvalue weighted by atomic mass is 10.1. The maximum atomic E-state index is 9.90. The van der Waals surface area contributed by atoms with Gasteiger partial charge in [0.25, 0.3) is 0 Å². The largest absolute Gasteiger partial charge is 0.290 e. The highest BCUT2D eigenvalue weighted by molar-refractivity contribution is 7.81. The maximum absolute atomic E-state index is 9.90. The van der Waals surface area contributed by atoms with Crippen molar-refractivity contribution < 1.29 is 4.79 Å². The van der Waals surface area contributed by atoms with Crippen LogP contribution in [-0.2, 0) is 4.79 Å². The summed E-state index contributed by atoms with van der Waals surface area (Å²) in [7, 11) is 0. The van der Waals surface area contributed by atoms with Crippen molar-refractivity contribution in [2.45, 2.75) is 25.5 Å². The first-order chi connectivity index (χ1) is 3.72. The van der Waals surface area contributed by atoms with Gasteiger partial charge in [0.1, 0.15) is 0 Å². The molecular weight excluding hydrogens is 120 g/mol. The number of carbonyl (C=O) groups excluding carboxylic acids is 1. The van der Waals surface area contributed by atoms with Gasteiger partial charge in [-0.3, -0.25) is 4.79 Å². The van der Waals surface area contributed by atoms with Crippen molar-refractivity contribution in [2.24, 2.45) is 5.92 Å². The quantitative estimate of drug-likeness (QED) is 0.573. The van der Waals surface area contributed by atoms with E-state index in [-0.39, 0.29) is 5.25 Å². The lowest BCUT2D eigenvalue weighted by molar-refractivity contribution is 0.523. The second-order valence-electron chi connectivity index (χ2n) is 1.95. The van der Waals surface area contributed by atoms with Crippen LogP contribution in [0.5, 0.6) is 0 Å². The normalized spacial score (nSPS) is 17.4. The molecule has 0 aromatic heterocycles. The van der Waals surface area contributed by atoms with Gasteiger partial charge in [-0.1, -0.05) is 20.3 Å². The molecule has 2 heteroatoms. The minimum atomic E-state index is -0.194. The first-order valence-electron chi connectivity index (χ1n) is 2.78. The summed E-state index contributed by atoms with van der Waals surface area (Å²) in [6.45, 7) is 4.02. The molecule has 0 aromatic carbocycles.